The summed E-state index contributed by atoms with van der Waals surface area (Å²) < 4.78 is 0.982. The molecule has 1 aromatic carbocycles. The standard InChI is InChI=1S/C10H13BrN2O.ClH/c1-2-9(12)10(14)13-8-5-3-7(11)4-6-8;/h3-6,9H,2,12H2,1H3,(H,13,14);1H/t9-;/m0./s1. The number of rotatable bonds is 3. The summed E-state index contributed by atoms with van der Waals surface area (Å²) in [5, 5.41) is 2.74. The number of hydrogen-bond donors (Lipinski definition) is 2. The molecule has 0 heterocycles. The molecular formula is C10H14BrClN2O. The Morgan fingerprint density at radius 3 is 2.47 bits per heavy atom. The van der Waals surface area contributed by atoms with E-state index >= 15 is 0 Å². The molecule has 3 N–H and O–H groups in total. The van der Waals surface area contributed by atoms with Gasteiger partial charge in [-0.1, -0.05) is 22.9 Å². The average Bonchev–Trinajstić information content (AvgIpc) is 2.20. The van der Waals surface area contributed by atoms with E-state index in [9.17, 15) is 4.79 Å². The molecule has 84 valence electrons. The second-order valence-corrected chi connectivity index (χ2v) is 3.93. The predicted octanol–water partition coefficient (Wildman–Crippen LogP) is 2.55. The molecule has 15 heavy (non-hydrogen) atoms. The van der Waals surface area contributed by atoms with E-state index in [4.69, 9.17) is 5.73 Å². The fourth-order valence-corrected chi connectivity index (χ4v) is 1.22. The Labute approximate surface area is 104 Å². The maximum absolute atomic E-state index is 11.4. The highest BCUT2D eigenvalue weighted by Gasteiger charge is 2.10. The van der Waals surface area contributed by atoms with Gasteiger partial charge in [-0.3, -0.25) is 4.79 Å². The van der Waals surface area contributed by atoms with Crippen LogP contribution in [-0.4, -0.2) is 11.9 Å². The van der Waals surface area contributed by atoms with Gasteiger partial charge in [0.25, 0.3) is 0 Å². The zero-order chi connectivity index (χ0) is 10.6. The summed E-state index contributed by atoms with van der Waals surface area (Å²) in [6.45, 7) is 1.88. The third-order valence-electron chi connectivity index (χ3n) is 1.89. The van der Waals surface area contributed by atoms with Crippen LogP contribution in [-0.2, 0) is 4.79 Å². The summed E-state index contributed by atoms with van der Waals surface area (Å²) in [7, 11) is 0. The average molecular weight is 294 g/mol. The molecule has 0 spiro atoms. The van der Waals surface area contributed by atoms with Gasteiger partial charge in [-0.2, -0.15) is 0 Å². The third-order valence-corrected chi connectivity index (χ3v) is 2.42. The van der Waals surface area contributed by atoms with Crippen molar-refractivity contribution in [2.24, 2.45) is 5.73 Å². The minimum Gasteiger partial charge on any atom is -0.325 e. The smallest absolute Gasteiger partial charge is 0.241 e. The molecule has 0 saturated heterocycles. The Morgan fingerprint density at radius 2 is 2.00 bits per heavy atom. The lowest BCUT2D eigenvalue weighted by molar-refractivity contribution is -0.117. The van der Waals surface area contributed by atoms with Gasteiger partial charge in [0.05, 0.1) is 6.04 Å². The van der Waals surface area contributed by atoms with Crippen molar-refractivity contribution in [2.75, 3.05) is 5.32 Å². The number of carbonyl (C=O) groups is 1. The minimum absolute atomic E-state index is 0. The van der Waals surface area contributed by atoms with E-state index in [1.54, 1.807) is 0 Å². The number of carbonyl (C=O) groups excluding carboxylic acids is 1. The molecule has 0 aliphatic carbocycles. The lowest BCUT2D eigenvalue weighted by atomic mass is 10.2. The van der Waals surface area contributed by atoms with Gasteiger partial charge in [-0.15, -0.1) is 12.4 Å². The molecule has 3 nitrogen and oxygen atoms in total. The van der Waals surface area contributed by atoms with Gasteiger partial charge in [0, 0.05) is 10.2 Å². The maximum Gasteiger partial charge on any atom is 0.241 e. The van der Waals surface area contributed by atoms with Crippen molar-refractivity contribution in [3.63, 3.8) is 0 Å². The van der Waals surface area contributed by atoms with E-state index in [1.807, 2.05) is 31.2 Å². The van der Waals surface area contributed by atoms with Crippen molar-refractivity contribution in [3.8, 4) is 0 Å². The van der Waals surface area contributed by atoms with Crippen LogP contribution in [0.4, 0.5) is 5.69 Å². The molecule has 0 aliphatic rings. The SMILES string of the molecule is CC[C@H](N)C(=O)Nc1ccc(Br)cc1.Cl. The quantitative estimate of drug-likeness (QED) is 0.900. The van der Waals surface area contributed by atoms with Gasteiger partial charge in [0.2, 0.25) is 5.91 Å². The van der Waals surface area contributed by atoms with Crippen LogP contribution in [0.5, 0.6) is 0 Å². The molecule has 0 aliphatic heterocycles. The third kappa shape index (κ3) is 4.64. The second kappa shape index (κ2) is 6.82. The summed E-state index contributed by atoms with van der Waals surface area (Å²) in [4.78, 5) is 11.4. The first kappa shape index (κ1) is 14.4. The van der Waals surface area contributed by atoms with Crippen LogP contribution in [0.15, 0.2) is 28.7 Å². The van der Waals surface area contributed by atoms with Gasteiger partial charge >= 0.3 is 0 Å². The second-order valence-electron chi connectivity index (χ2n) is 3.01. The molecular weight excluding hydrogens is 279 g/mol. The van der Waals surface area contributed by atoms with Crippen LogP contribution in [0.25, 0.3) is 0 Å². The van der Waals surface area contributed by atoms with E-state index in [0.29, 0.717) is 6.42 Å². The van der Waals surface area contributed by atoms with Crippen LogP contribution < -0.4 is 11.1 Å². The van der Waals surface area contributed by atoms with Gasteiger partial charge in [0.1, 0.15) is 0 Å². The summed E-state index contributed by atoms with van der Waals surface area (Å²) >= 11 is 3.32. The van der Waals surface area contributed by atoms with E-state index in [1.165, 1.54) is 0 Å². The highest BCUT2D eigenvalue weighted by Crippen LogP contribution is 2.14. The normalized spacial score (nSPS) is 11.4. The Morgan fingerprint density at radius 1 is 1.47 bits per heavy atom. The molecule has 1 amide bonds. The Hall–Kier alpha value is -0.580. The van der Waals surface area contributed by atoms with Crippen molar-refractivity contribution in [1.82, 2.24) is 0 Å². The molecule has 1 atom stereocenters. The summed E-state index contributed by atoms with van der Waals surface area (Å²) in [5.74, 6) is -0.144. The Balaban J connectivity index is 0.00000196. The molecule has 1 aromatic rings. The molecule has 0 aromatic heterocycles. The van der Waals surface area contributed by atoms with Crippen molar-refractivity contribution in [2.45, 2.75) is 19.4 Å². The van der Waals surface area contributed by atoms with Crippen molar-refractivity contribution < 1.29 is 4.79 Å². The molecule has 1 rings (SSSR count). The van der Waals surface area contributed by atoms with Crippen LogP contribution >= 0.6 is 28.3 Å². The highest BCUT2D eigenvalue weighted by atomic mass is 79.9. The molecule has 5 heteroatoms. The van der Waals surface area contributed by atoms with E-state index < -0.39 is 6.04 Å². The molecule has 0 unspecified atom stereocenters. The number of nitrogens with two attached hydrogens (primary N) is 1. The van der Waals surface area contributed by atoms with E-state index in [-0.39, 0.29) is 18.3 Å². The van der Waals surface area contributed by atoms with E-state index in [0.717, 1.165) is 10.2 Å². The molecule has 0 fully saturated rings. The van der Waals surface area contributed by atoms with E-state index in [2.05, 4.69) is 21.2 Å². The Kier molecular flexibility index (Phi) is 6.56. The number of amides is 1. The number of halogens is 2. The first-order chi connectivity index (χ1) is 6.63. The predicted molar refractivity (Wildman–Crippen MR) is 68.3 cm³/mol. The van der Waals surface area contributed by atoms with Crippen molar-refractivity contribution >= 4 is 39.9 Å². The fraction of sp³-hybridized carbons (Fsp3) is 0.300. The molecule has 0 radical (unpaired) electrons. The zero-order valence-electron chi connectivity index (χ0n) is 8.37. The zero-order valence-corrected chi connectivity index (χ0v) is 10.8. The van der Waals surface area contributed by atoms with Gasteiger partial charge in [-0.05, 0) is 30.7 Å². The van der Waals surface area contributed by atoms with Crippen LogP contribution in [0.1, 0.15) is 13.3 Å². The Bertz CT molecular complexity index is 316. The lowest BCUT2D eigenvalue weighted by Gasteiger charge is -2.09. The van der Waals surface area contributed by atoms with Gasteiger partial charge in [-0.25, -0.2) is 0 Å². The number of benzene rings is 1. The van der Waals surface area contributed by atoms with Crippen LogP contribution in [0.3, 0.4) is 0 Å². The van der Waals surface area contributed by atoms with Crippen LogP contribution in [0, 0.1) is 0 Å². The largest absolute Gasteiger partial charge is 0.325 e. The monoisotopic (exact) mass is 292 g/mol. The minimum atomic E-state index is -0.432. The topological polar surface area (TPSA) is 55.1 Å². The van der Waals surface area contributed by atoms with Crippen molar-refractivity contribution in [3.05, 3.63) is 28.7 Å². The first-order valence-electron chi connectivity index (χ1n) is 4.45. The fourth-order valence-electron chi connectivity index (χ4n) is 0.954. The number of nitrogens with one attached hydrogen (secondary N) is 1. The molecule has 0 saturated carbocycles. The summed E-state index contributed by atoms with van der Waals surface area (Å²) in [6.07, 6.45) is 0.641. The first-order valence-corrected chi connectivity index (χ1v) is 5.24. The van der Waals surface area contributed by atoms with Crippen LogP contribution in [0.2, 0.25) is 0 Å². The molecule has 0 bridgehead atoms. The van der Waals surface area contributed by atoms with Gasteiger partial charge in [0.15, 0.2) is 0 Å². The van der Waals surface area contributed by atoms with Crippen molar-refractivity contribution in [1.29, 1.82) is 0 Å². The highest BCUT2D eigenvalue weighted by molar-refractivity contribution is 9.10. The number of hydrogen-bond acceptors (Lipinski definition) is 2. The summed E-state index contributed by atoms with van der Waals surface area (Å²) in [6, 6.07) is 6.95. The summed E-state index contributed by atoms with van der Waals surface area (Å²) in [5.41, 5.74) is 6.34. The lowest BCUT2D eigenvalue weighted by Crippen LogP contribution is -2.34. The van der Waals surface area contributed by atoms with Gasteiger partial charge < -0.3 is 11.1 Å². The number of anilines is 1. The maximum atomic E-state index is 11.4.